The maximum atomic E-state index is 13.5. The van der Waals surface area contributed by atoms with Gasteiger partial charge in [-0.1, -0.05) is 36.4 Å². The molecule has 1 aliphatic heterocycles. The smallest absolute Gasteiger partial charge is 0.295 e. The Bertz CT molecular complexity index is 1250. The molecule has 1 aliphatic rings. The van der Waals surface area contributed by atoms with E-state index in [1.54, 1.807) is 18.2 Å². The van der Waals surface area contributed by atoms with Gasteiger partial charge in [-0.3, -0.25) is 9.59 Å². The topological polar surface area (TPSA) is 76.1 Å². The van der Waals surface area contributed by atoms with Gasteiger partial charge < -0.3 is 19.5 Å². The van der Waals surface area contributed by atoms with E-state index in [1.165, 1.54) is 29.2 Å². The highest BCUT2D eigenvalue weighted by atomic mass is 19.1. The van der Waals surface area contributed by atoms with Gasteiger partial charge in [-0.05, 0) is 61.4 Å². The molecule has 1 amide bonds. The van der Waals surface area contributed by atoms with Gasteiger partial charge in [-0.25, -0.2) is 4.39 Å². The molecule has 1 atom stereocenters. The predicted molar refractivity (Wildman–Crippen MR) is 129 cm³/mol. The van der Waals surface area contributed by atoms with E-state index in [4.69, 9.17) is 9.47 Å². The van der Waals surface area contributed by atoms with Crippen molar-refractivity contribution in [1.29, 1.82) is 0 Å². The van der Waals surface area contributed by atoms with Crippen molar-refractivity contribution in [1.82, 2.24) is 4.90 Å². The summed E-state index contributed by atoms with van der Waals surface area (Å²) in [5, 5.41) is 11.1. The van der Waals surface area contributed by atoms with Gasteiger partial charge in [0.25, 0.3) is 11.7 Å². The number of rotatable bonds is 8. The van der Waals surface area contributed by atoms with Crippen molar-refractivity contribution in [3.63, 3.8) is 0 Å². The van der Waals surface area contributed by atoms with Crippen LogP contribution in [0.5, 0.6) is 11.5 Å². The fourth-order valence-electron chi connectivity index (χ4n) is 4.17. The highest BCUT2D eigenvalue weighted by molar-refractivity contribution is 6.46. The number of aliphatic hydroxyl groups excluding tert-OH is 1. The van der Waals surface area contributed by atoms with E-state index in [-0.39, 0.29) is 23.4 Å². The van der Waals surface area contributed by atoms with E-state index in [2.05, 4.69) is 0 Å². The van der Waals surface area contributed by atoms with Gasteiger partial charge in [0, 0.05) is 12.1 Å². The van der Waals surface area contributed by atoms with Crippen molar-refractivity contribution in [2.45, 2.75) is 26.4 Å². The molecule has 4 rings (SSSR count). The molecule has 0 spiro atoms. The molecule has 0 radical (unpaired) electrons. The minimum atomic E-state index is -0.879. The fourth-order valence-corrected chi connectivity index (χ4v) is 4.17. The highest BCUT2D eigenvalue weighted by Crippen LogP contribution is 2.42. The third-order valence-electron chi connectivity index (χ3n) is 5.74. The van der Waals surface area contributed by atoms with Crippen LogP contribution in [0.15, 0.2) is 78.4 Å². The number of carbonyl (C=O) groups excluding carboxylic acids is 2. The number of ether oxygens (including phenoxy) is 2. The molecule has 1 saturated heterocycles. The van der Waals surface area contributed by atoms with Crippen molar-refractivity contribution in [3.05, 3.63) is 101 Å². The van der Waals surface area contributed by atoms with Gasteiger partial charge in [0.2, 0.25) is 0 Å². The van der Waals surface area contributed by atoms with Gasteiger partial charge in [-0.2, -0.15) is 0 Å². The second-order valence-electron chi connectivity index (χ2n) is 7.99. The van der Waals surface area contributed by atoms with Gasteiger partial charge in [-0.15, -0.1) is 0 Å². The van der Waals surface area contributed by atoms with Crippen LogP contribution in [0.1, 0.15) is 36.6 Å². The molecule has 35 heavy (non-hydrogen) atoms. The highest BCUT2D eigenvalue weighted by Gasteiger charge is 2.46. The maximum absolute atomic E-state index is 13.5. The van der Waals surface area contributed by atoms with Crippen molar-refractivity contribution < 1.29 is 28.6 Å². The van der Waals surface area contributed by atoms with Crippen LogP contribution in [-0.2, 0) is 16.1 Å². The second kappa shape index (κ2) is 10.4. The number of amides is 1. The SMILES string of the molecule is CCOc1ccc(C2/C(=C(\O)c3ccc(F)cc3)C(=O)C(=O)N2Cc2ccccc2)cc1OCC. The number of likely N-dealkylation sites (tertiary alicyclic amines) is 1. The molecule has 0 aliphatic carbocycles. The fraction of sp³-hybridized carbons (Fsp3) is 0.214. The van der Waals surface area contributed by atoms with Crippen LogP contribution < -0.4 is 9.47 Å². The molecule has 3 aromatic rings. The average molecular weight is 476 g/mol. The molecule has 1 fully saturated rings. The molecule has 1 N–H and O–H groups in total. The number of Topliss-reactive ketones (excluding diaryl/α,β-unsaturated/α-hetero) is 1. The van der Waals surface area contributed by atoms with Gasteiger partial charge >= 0.3 is 0 Å². The lowest BCUT2D eigenvalue weighted by atomic mass is 9.94. The average Bonchev–Trinajstić information content (AvgIpc) is 3.11. The number of hydrogen-bond donors (Lipinski definition) is 1. The number of carbonyl (C=O) groups is 2. The summed E-state index contributed by atoms with van der Waals surface area (Å²) >= 11 is 0. The molecule has 0 saturated carbocycles. The van der Waals surface area contributed by atoms with Gasteiger partial charge in [0.05, 0.1) is 24.8 Å². The van der Waals surface area contributed by atoms with Gasteiger partial charge in [0.1, 0.15) is 11.6 Å². The zero-order chi connectivity index (χ0) is 24.9. The van der Waals surface area contributed by atoms with Crippen molar-refractivity contribution in [3.8, 4) is 11.5 Å². The van der Waals surface area contributed by atoms with E-state index in [1.807, 2.05) is 44.2 Å². The Morgan fingerprint density at radius 2 is 1.57 bits per heavy atom. The Morgan fingerprint density at radius 3 is 2.23 bits per heavy atom. The molecule has 1 unspecified atom stereocenters. The number of halogens is 1. The second-order valence-corrected chi connectivity index (χ2v) is 7.99. The molecule has 3 aromatic carbocycles. The first kappa shape index (κ1) is 24.0. The first-order valence-corrected chi connectivity index (χ1v) is 11.4. The molecule has 0 aromatic heterocycles. The lowest BCUT2D eigenvalue weighted by Crippen LogP contribution is -2.29. The van der Waals surface area contributed by atoms with E-state index in [0.717, 1.165) is 5.56 Å². The molecule has 7 heteroatoms. The van der Waals surface area contributed by atoms with Crippen LogP contribution in [0.2, 0.25) is 0 Å². The minimum absolute atomic E-state index is 0.0656. The number of nitrogens with zero attached hydrogens (tertiary/aromatic N) is 1. The number of hydrogen-bond acceptors (Lipinski definition) is 5. The minimum Gasteiger partial charge on any atom is -0.507 e. The summed E-state index contributed by atoms with van der Waals surface area (Å²) in [4.78, 5) is 27.8. The molecule has 1 heterocycles. The standard InChI is InChI=1S/C28H26FNO5/c1-3-34-22-15-12-20(16-23(22)35-4-2)25-24(26(31)19-10-13-21(29)14-11-19)27(32)28(33)30(25)17-18-8-6-5-7-9-18/h5-16,25,31H,3-4,17H2,1-2H3/b26-24+. The van der Waals surface area contributed by atoms with Crippen LogP contribution in [0.3, 0.4) is 0 Å². The van der Waals surface area contributed by atoms with E-state index in [0.29, 0.717) is 30.3 Å². The van der Waals surface area contributed by atoms with Crippen LogP contribution in [0.4, 0.5) is 4.39 Å². The molecular weight excluding hydrogens is 449 g/mol. The Morgan fingerprint density at radius 1 is 0.914 bits per heavy atom. The van der Waals surface area contributed by atoms with Gasteiger partial charge in [0.15, 0.2) is 11.5 Å². The number of benzene rings is 3. The predicted octanol–water partition coefficient (Wildman–Crippen LogP) is 5.25. The van der Waals surface area contributed by atoms with E-state index >= 15 is 0 Å². The third kappa shape index (κ3) is 4.89. The maximum Gasteiger partial charge on any atom is 0.295 e. The Labute approximate surface area is 203 Å². The summed E-state index contributed by atoms with van der Waals surface area (Å²) in [6.45, 7) is 4.70. The quantitative estimate of drug-likeness (QED) is 0.274. The first-order chi connectivity index (χ1) is 16.9. The molecule has 180 valence electrons. The van der Waals surface area contributed by atoms with E-state index < -0.39 is 23.5 Å². The Balaban J connectivity index is 1.88. The molecule has 0 bridgehead atoms. The van der Waals surface area contributed by atoms with Crippen molar-refractivity contribution in [2.24, 2.45) is 0 Å². The number of aliphatic hydroxyl groups is 1. The summed E-state index contributed by atoms with van der Waals surface area (Å²) in [7, 11) is 0. The van der Waals surface area contributed by atoms with Crippen molar-refractivity contribution in [2.75, 3.05) is 13.2 Å². The summed E-state index contributed by atoms with van der Waals surface area (Å²) < 4.78 is 24.9. The lowest BCUT2D eigenvalue weighted by Gasteiger charge is -2.26. The van der Waals surface area contributed by atoms with Crippen molar-refractivity contribution >= 4 is 17.4 Å². The van der Waals surface area contributed by atoms with E-state index in [9.17, 15) is 19.1 Å². The first-order valence-electron chi connectivity index (χ1n) is 11.4. The van der Waals surface area contributed by atoms with Crippen LogP contribution in [0, 0.1) is 5.82 Å². The van der Waals surface area contributed by atoms with Crippen LogP contribution in [-0.4, -0.2) is 34.9 Å². The lowest BCUT2D eigenvalue weighted by molar-refractivity contribution is -0.140. The summed E-state index contributed by atoms with van der Waals surface area (Å²) in [6.07, 6.45) is 0. The third-order valence-corrected chi connectivity index (χ3v) is 5.74. The zero-order valence-electron chi connectivity index (χ0n) is 19.5. The largest absolute Gasteiger partial charge is 0.507 e. The monoisotopic (exact) mass is 475 g/mol. The molecule has 6 nitrogen and oxygen atoms in total. The van der Waals surface area contributed by atoms with Crippen LogP contribution >= 0.6 is 0 Å². The normalized spacial score (nSPS) is 17.0. The zero-order valence-corrected chi connectivity index (χ0v) is 19.5. The summed E-state index contributed by atoms with van der Waals surface area (Å²) in [6, 6.07) is 18.7. The molecular formula is C28H26FNO5. The summed E-state index contributed by atoms with van der Waals surface area (Å²) in [5.74, 6) is -1.37. The Kier molecular flexibility index (Phi) is 7.15. The number of ketones is 1. The summed E-state index contributed by atoms with van der Waals surface area (Å²) in [5.41, 5.74) is 1.59. The Hall–Kier alpha value is -4.13. The van der Waals surface area contributed by atoms with Crippen LogP contribution in [0.25, 0.3) is 5.76 Å².